The third-order valence-corrected chi connectivity index (χ3v) is 6.82. The summed E-state index contributed by atoms with van der Waals surface area (Å²) in [5, 5.41) is 11.4. The van der Waals surface area contributed by atoms with E-state index in [9.17, 15) is 13.2 Å². The van der Waals surface area contributed by atoms with Gasteiger partial charge in [0.15, 0.2) is 9.84 Å². The van der Waals surface area contributed by atoms with E-state index in [1.165, 1.54) is 0 Å². The van der Waals surface area contributed by atoms with Crippen LogP contribution in [0, 0.1) is 0 Å². The van der Waals surface area contributed by atoms with Crippen LogP contribution in [0.5, 0.6) is 0 Å². The van der Waals surface area contributed by atoms with Crippen LogP contribution in [0.2, 0.25) is 0 Å². The summed E-state index contributed by atoms with van der Waals surface area (Å²) in [6.45, 7) is 0.975. The number of rotatable bonds is 4. The van der Waals surface area contributed by atoms with Gasteiger partial charge in [-0.15, -0.1) is 0 Å². The highest BCUT2D eigenvalue weighted by molar-refractivity contribution is 7.92. The Morgan fingerprint density at radius 1 is 1.19 bits per heavy atom. The Kier molecular flexibility index (Phi) is 5.87. The number of carbonyl (C=O) groups excluding carboxylic acids is 1. The number of hydrogen-bond donors (Lipinski definition) is 2. The average molecular weight is 318 g/mol. The number of aliphatic hydroxyl groups is 1. The summed E-state index contributed by atoms with van der Waals surface area (Å²) < 4.78 is 23.9. The largest absolute Gasteiger partial charge is 0.396 e. The molecule has 2 unspecified atom stereocenters. The number of piperidine rings is 1. The van der Waals surface area contributed by atoms with E-state index in [1.807, 2.05) is 0 Å². The number of carbonyl (C=O) groups is 1. The lowest BCUT2D eigenvalue weighted by Crippen LogP contribution is -2.51. The highest BCUT2D eigenvalue weighted by Gasteiger charge is 2.31. The van der Waals surface area contributed by atoms with Crippen molar-refractivity contribution < 1.29 is 18.3 Å². The summed E-state index contributed by atoms with van der Waals surface area (Å²) in [4.78, 5) is 14.0. The molecule has 2 aliphatic rings. The van der Waals surface area contributed by atoms with Gasteiger partial charge in [0, 0.05) is 25.7 Å². The van der Waals surface area contributed by atoms with Gasteiger partial charge in [0.05, 0.1) is 11.0 Å². The zero-order valence-electron chi connectivity index (χ0n) is 12.5. The molecule has 2 aliphatic heterocycles. The summed E-state index contributed by atoms with van der Waals surface area (Å²) in [7, 11) is -3.05. The van der Waals surface area contributed by atoms with Gasteiger partial charge in [0.25, 0.3) is 0 Å². The maximum absolute atomic E-state index is 12.3. The Labute approximate surface area is 126 Å². The molecule has 0 radical (unpaired) electrons. The predicted molar refractivity (Wildman–Crippen MR) is 80.9 cm³/mol. The highest BCUT2D eigenvalue weighted by atomic mass is 32.2. The fourth-order valence-corrected chi connectivity index (χ4v) is 5.07. The van der Waals surface area contributed by atoms with E-state index >= 15 is 0 Å². The number of amides is 2. The van der Waals surface area contributed by atoms with Crippen LogP contribution in [-0.2, 0) is 9.84 Å². The molecule has 6 nitrogen and oxygen atoms in total. The van der Waals surface area contributed by atoms with E-state index < -0.39 is 15.1 Å². The molecule has 0 spiro atoms. The number of sulfone groups is 1. The molecule has 122 valence electrons. The second kappa shape index (κ2) is 7.45. The van der Waals surface area contributed by atoms with Crippen molar-refractivity contribution in [2.24, 2.45) is 0 Å². The zero-order valence-corrected chi connectivity index (χ0v) is 13.3. The molecule has 2 N–H and O–H groups in total. The second-order valence-corrected chi connectivity index (χ2v) is 8.43. The Bertz CT molecular complexity index is 450. The van der Waals surface area contributed by atoms with Crippen LogP contribution in [-0.4, -0.2) is 61.2 Å². The fourth-order valence-electron chi connectivity index (χ4n) is 3.27. The molecule has 0 saturated carbocycles. The standard InChI is InChI=1S/C14H26N2O4S/c17-9-7-12-5-1-3-8-16(12)14(18)15-11-13-6-2-4-10-21(13,19)20/h12-13,17H,1-11H2,(H,15,18). The molecule has 0 bridgehead atoms. The van der Waals surface area contributed by atoms with Gasteiger partial charge < -0.3 is 15.3 Å². The van der Waals surface area contributed by atoms with Crippen molar-refractivity contribution in [1.82, 2.24) is 10.2 Å². The van der Waals surface area contributed by atoms with Gasteiger partial charge in [-0.1, -0.05) is 6.42 Å². The van der Waals surface area contributed by atoms with Crippen molar-refractivity contribution in [3.8, 4) is 0 Å². The van der Waals surface area contributed by atoms with Crippen LogP contribution in [0.4, 0.5) is 4.79 Å². The molecule has 2 amide bonds. The molecule has 7 heteroatoms. The van der Waals surface area contributed by atoms with Crippen molar-refractivity contribution in [3.63, 3.8) is 0 Å². The molecule has 21 heavy (non-hydrogen) atoms. The van der Waals surface area contributed by atoms with Gasteiger partial charge in [0.2, 0.25) is 0 Å². The van der Waals surface area contributed by atoms with Crippen LogP contribution in [0.25, 0.3) is 0 Å². The Morgan fingerprint density at radius 3 is 2.67 bits per heavy atom. The zero-order chi connectivity index (χ0) is 15.3. The molecule has 2 atom stereocenters. The number of urea groups is 1. The minimum Gasteiger partial charge on any atom is -0.396 e. The third-order valence-electron chi connectivity index (χ3n) is 4.54. The number of nitrogens with zero attached hydrogens (tertiary/aromatic N) is 1. The van der Waals surface area contributed by atoms with E-state index in [4.69, 9.17) is 5.11 Å². The van der Waals surface area contributed by atoms with E-state index in [-0.39, 0.29) is 31.0 Å². The topological polar surface area (TPSA) is 86.7 Å². The average Bonchev–Trinajstić information content (AvgIpc) is 2.46. The van der Waals surface area contributed by atoms with Crippen molar-refractivity contribution in [3.05, 3.63) is 0 Å². The van der Waals surface area contributed by atoms with Crippen LogP contribution >= 0.6 is 0 Å². The minimum absolute atomic E-state index is 0.0749. The maximum Gasteiger partial charge on any atom is 0.317 e. The first-order chi connectivity index (χ1) is 10.0. The first kappa shape index (κ1) is 16.5. The number of hydrogen-bond acceptors (Lipinski definition) is 4. The van der Waals surface area contributed by atoms with Gasteiger partial charge in [-0.05, 0) is 38.5 Å². The lowest BCUT2D eigenvalue weighted by Gasteiger charge is -2.36. The first-order valence-corrected chi connectivity index (χ1v) is 9.63. The minimum atomic E-state index is -3.05. The summed E-state index contributed by atoms with van der Waals surface area (Å²) in [6.07, 6.45) is 5.84. The summed E-state index contributed by atoms with van der Waals surface area (Å²) >= 11 is 0. The quantitative estimate of drug-likeness (QED) is 0.806. The van der Waals surface area contributed by atoms with Gasteiger partial charge in [-0.2, -0.15) is 0 Å². The number of aliphatic hydroxyl groups excluding tert-OH is 1. The summed E-state index contributed by atoms with van der Waals surface area (Å²) in [6, 6.07) is -0.111. The molecule has 0 aromatic carbocycles. The van der Waals surface area contributed by atoms with Crippen LogP contribution < -0.4 is 5.32 Å². The van der Waals surface area contributed by atoms with E-state index in [0.29, 0.717) is 19.4 Å². The molecule has 0 aliphatic carbocycles. The molecule has 2 rings (SSSR count). The maximum atomic E-state index is 12.3. The lowest BCUT2D eigenvalue weighted by molar-refractivity contribution is 0.132. The van der Waals surface area contributed by atoms with Crippen molar-refractivity contribution in [1.29, 1.82) is 0 Å². The van der Waals surface area contributed by atoms with Crippen LogP contribution in [0.15, 0.2) is 0 Å². The van der Waals surface area contributed by atoms with E-state index in [1.54, 1.807) is 4.90 Å². The monoisotopic (exact) mass is 318 g/mol. The molecule has 2 heterocycles. The lowest BCUT2D eigenvalue weighted by atomic mass is 10.0. The third kappa shape index (κ3) is 4.32. The Hall–Kier alpha value is -0.820. The second-order valence-electron chi connectivity index (χ2n) is 6.03. The first-order valence-electron chi connectivity index (χ1n) is 7.91. The number of nitrogens with one attached hydrogen (secondary N) is 1. The SMILES string of the molecule is O=C(NCC1CCCCS1(=O)=O)N1CCCCC1CCO. The molecule has 0 aromatic heterocycles. The van der Waals surface area contributed by atoms with Gasteiger partial charge >= 0.3 is 6.03 Å². The molecular weight excluding hydrogens is 292 g/mol. The highest BCUT2D eigenvalue weighted by Crippen LogP contribution is 2.21. The van der Waals surface area contributed by atoms with Gasteiger partial charge in [-0.3, -0.25) is 0 Å². The fraction of sp³-hybridized carbons (Fsp3) is 0.929. The normalized spacial score (nSPS) is 29.1. The molecular formula is C14H26N2O4S. The molecule has 2 fully saturated rings. The van der Waals surface area contributed by atoms with Gasteiger partial charge in [-0.25, -0.2) is 13.2 Å². The Balaban J connectivity index is 1.88. The molecule has 0 aromatic rings. The van der Waals surface area contributed by atoms with Crippen molar-refractivity contribution >= 4 is 15.9 Å². The van der Waals surface area contributed by atoms with Crippen molar-refractivity contribution in [2.45, 2.75) is 56.2 Å². The smallest absolute Gasteiger partial charge is 0.317 e. The molecule has 2 saturated heterocycles. The Morgan fingerprint density at radius 2 is 1.95 bits per heavy atom. The van der Waals surface area contributed by atoms with Crippen molar-refractivity contribution in [2.75, 3.05) is 25.4 Å². The van der Waals surface area contributed by atoms with E-state index in [2.05, 4.69) is 5.32 Å². The van der Waals surface area contributed by atoms with Crippen LogP contribution in [0.3, 0.4) is 0 Å². The van der Waals surface area contributed by atoms with Gasteiger partial charge in [0.1, 0.15) is 0 Å². The summed E-state index contributed by atoms with van der Waals surface area (Å²) in [5.41, 5.74) is 0. The summed E-state index contributed by atoms with van der Waals surface area (Å²) in [5.74, 6) is 0.240. The van der Waals surface area contributed by atoms with Crippen LogP contribution in [0.1, 0.15) is 44.9 Å². The number of likely N-dealkylation sites (tertiary alicyclic amines) is 1. The predicted octanol–water partition coefficient (Wildman–Crippen LogP) is 0.900. The van der Waals surface area contributed by atoms with E-state index in [0.717, 1.165) is 32.1 Å².